The largest absolute Gasteiger partial charge is 0.346 e. The number of nitrogens with one attached hydrogen (secondary N) is 1. The third kappa shape index (κ3) is 3.13. The second kappa shape index (κ2) is 7.32. The average Bonchev–Trinajstić information content (AvgIpc) is 3.59. The zero-order valence-corrected chi connectivity index (χ0v) is 16.8. The zero-order chi connectivity index (χ0) is 20.6. The van der Waals surface area contributed by atoms with E-state index >= 15 is 0 Å². The van der Waals surface area contributed by atoms with Gasteiger partial charge in [0.15, 0.2) is 5.82 Å². The molecule has 1 aliphatic heterocycles. The highest BCUT2D eigenvalue weighted by atomic mass is 15.4. The van der Waals surface area contributed by atoms with E-state index in [0.29, 0.717) is 11.6 Å². The van der Waals surface area contributed by atoms with Crippen LogP contribution in [0.25, 0.3) is 28.4 Å². The summed E-state index contributed by atoms with van der Waals surface area (Å²) < 4.78 is 1.80. The summed E-state index contributed by atoms with van der Waals surface area (Å²) in [6, 6.07) is 22.4. The molecule has 3 aromatic heterocycles. The van der Waals surface area contributed by atoms with Gasteiger partial charge in [0.25, 0.3) is 5.78 Å². The maximum atomic E-state index is 4.82. The molecule has 1 fully saturated rings. The van der Waals surface area contributed by atoms with E-state index in [2.05, 4.69) is 43.4 Å². The average molecular weight is 408 g/mol. The normalized spacial score (nSPS) is 16.3. The first-order valence-corrected chi connectivity index (χ1v) is 10.4. The highest BCUT2D eigenvalue weighted by Gasteiger charge is 2.31. The second-order valence-electron chi connectivity index (χ2n) is 7.60. The Kier molecular flexibility index (Phi) is 4.19. The summed E-state index contributed by atoms with van der Waals surface area (Å²) in [4.78, 5) is 16.2. The fourth-order valence-corrected chi connectivity index (χ4v) is 4.22. The Hall–Kier alpha value is -4.07. The molecular weight excluding hydrogens is 388 g/mol. The number of benzene rings is 2. The van der Waals surface area contributed by atoms with Gasteiger partial charge in [-0.2, -0.15) is 19.7 Å². The minimum absolute atomic E-state index is 0.0865. The molecule has 5 aromatic rings. The van der Waals surface area contributed by atoms with Crippen molar-refractivity contribution in [3.63, 3.8) is 0 Å². The Morgan fingerprint density at radius 3 is 2.48 bits per heavy atom. The zero-order valence-electron chi connectivity index (χ0n) is 16.8. The molecule has 0 unspecified atom stereocenters. The van der Waals surface area contributed by atoms with Crippen molar-refractivity contribution in [2.45, 2.75) is 18.9 Å². The molecule has 0 bridgehead atoms. The lowest BCUT2D eigenvalue weighted by atomic mass is 10.1. The van der Waals surface area contributed by atoms with E-state index in [1.165, 1.54) is 0 Å². The summed E-state index contributed by atoms with van der Waals surface area (Å²) in [5.74, 6) is 3.13. The van der Waals surface area contributed by atoms with Gasteiger partial charge in [-0.1, -0.05) is 60.7 Å². The lowest BCUT2D eigenvalue weighted by Crippen LogP contribution is -2.26. The van der Waals surface area contributed by atoms with E-state index in [-0.39, 0.29) is 6.04 Å². The van der Waals surface area contributed by atoms with Crippen LogP contribution in [0.1, 0.15) is 24.7 Å². The Labute approximate surface area is 178 Å². The van der Waals surface area contributed by atoms with Crippen molar-refractivity contribution >= 4 is 11.6 Å². The number of aromatic amines is 1. The minimum Gasteiger partial charge on any atom is -0.346 e. The first-order valence-electron chi connectivity index (χ1n) is 10.4. The molecule has 8 heteroatoms. The summed E-state index contributed by atoms with van der Waals surface area (Å²) in [6.45, 7) is 0.902. The molecule has 1 atom stereocenters. The first-order chi connectivity index (χ1) is 15.4. The molecule has 0 saturated carbocycles. The van der Waals surface area contributed by atoms with Crippen LogP contribution >= 0.6 is 0 Å². The van der Waals surface area contributed by atoms with Crippen LogP contribution in [0, 0.1) is 0 Å². The number of H-pyrrole nitrogens is 1. The molecule has 4 heterocycles. The van der Waals surface area contributed by atoms with Crippen LogP contribution in [-0.4, -0.2) is 41.3 Å². The van der Waals surface area contributed by atoms with Gasteiger partial charge in [-0.15, -0.1) is 0 Å². The number of hydrogen-bond acceptors (Lipinski definition) is 6. The summed E-state index contributed by atoms with van der Waals surface area (Å²) >= 11 is 0. The van der Waals surface area contributed by atoms with Gasteiger partial charge in [0, 0.05) is 23.7 Å². The Morgan fingerprint density at radius 2 is 1.68 bits per heavy atom. The number of nitrogens with zero attached hydrogens (tertiary/aromatic N) is 7. The van der Waals surface area contributed by atoms with Gasteiger partial charge in [-0.05, 0) is 12.8 Å². The Balaban J connectivity index is 1.41. The van der Waals surface area contributed by atoms with Crippen LogP contribution in [0.3, 0.4) is 0 Å². The molecule has 1 aliphatic rings. The molecular formula is C23H20N8. The molecule has 1 N–H and O–H groups in total. The van der Waals surface area contributed by atoms with Crippen molar-refractivity contribution in [2.24, 2.45) is 0 Å². The quantitative estimate of drug-likeness (QED) is 0.485. The van der Waals surface area contributed by atoms with Crippen molar-refractivity contribution in [1.29, 1.82) is 0 Å². The van der Waals surface area contributed by atoms with Gasteiger partial charge in [-0.25, -0.2) is 9.97 Å². The van der Waals surface area contributed by atoms with E-state index in [4.69, 9.17) is 9.97 Å². The fourth-order valence-electron chi connectivity index (χ4n) is 4.22. The van der Waals surface area contributed by atoms with Crippen LogP contribution in [0.5, 0.6) is 0 Å². The molecule has 6 rings (SSSR count). The molecule has 152 valence electrons. The monoisotopic (exact) mass is 408 g/mol. The van der Waals surface area contributed by atoms with Crippen LogP contribution in [0.4, 0.5) is 5.82 Å². The second-order valence-corrected chi connectivity index (χ2v) is 7.60. The molecule has 0 amide bonds. The number of fused-ring (bicyclic) bond motifs is 1. The van der Waals surface area contributed by atoms with E-state index in [1.54, 1.807) is 10.8 Å². The lowest BCUT2D eigenvalue weighted by molar-refractivity contribution is 0.655. The van der Waals surface area contributed by atoms with Gasteiger partial charge < -0.3 is 4.90 Å². The van der Waals surface area contributed by atoms with Gasteiger partial charge in [0.2, 0.25) is 0 Å². The van der Waals surface area contributed by atoms with Crippen molar-refractivity contribution in [3.05, 3.63) is 78.9 Å². The standard InChI is InChI=1S/C23H20N8/c1-3-8-16(9-4-1)18-14-20(31-23(26-18)24-15-25-31)30-13-7-12-19(30)22-27-21(28-29-22)17-10-5-2-6-11-17/h1-6,8-11,14-15,19H,7,12-13H2,(H,27,28,29)/t19-/m0/s1. The molecule has 8 nitrogen and oxygen atoms in total. The lowest BCUT2D eigenvalue weighted by Gasteiger charge is -2.25. The summed E-state index contributed by atoms with van der Waals surface area (Å²) in [6.07, 6.45) is 3.60. The Morgan fingerprint density at radius 1 is 0.903 bits per heavy atom. The molecule has 0 aliphatic carbocycles. The maximum absolute atomic E-state index is 4.82. The van der Waals surface area contributed by atoms with E-state index in [9.17, 15) is 0 Å². The van der Waals surface area contributed by atoms with Crippen LogP contribution in [0.15, 0.2) is 73.1 Å². The first kappa shape index (κ1) is 17.8. The van der Waals surface area contributed by atoms with Crippen LogP contribution in [-0.2, 0) is 0 Å². The van der Waals surface area contributed by atoms with Crippen LogP contribution < -0.4 is 4.90 Å². The molecule has 0 spiro atoms. The van der Waals surface area contributed by atoms with Crippen molar-refractivity contribution in [3.8, 4) is 22.6 Å². The number of anilines is 1. The summed E-state index contributed by atoms with van der Waals surface area (Å²) in [7, 11) is 0. The predicted octanol–water partition coefficient (Wildman–Crippen LogP) is 3.92. The Bertz CT molecular complexity index is 1330. The van der Waals surface area contributed by atoms with E-state index < -0.39 is 0 Å². The number of rotatable bonds is 4. The van der Waals surface area contributed by atoms with E-state index in [0.717, 1.165) is 47.8 Å². The minimum atomic E-state index is 0.0865. The van der Waals surface area contributed by atoms with Gasteiger partial charge in [-0.3, -0.25) is 5.10 Å². The molecule has 2 aromatic carbocycles. The summed E-state index contributed by atoms with van der Waals surface area (Å²) in [5, 5.41) is 12.1. The fraction of sp³-hybridized carbons (Fsp3) is 0.174. The molecule has 31 heavy (non-hydrogen) atoms. The van der Waals surface area contributed by atoms with Gasteiger partial charge >= 0.3 is 0 Å². The number of aromatic nitrogens is 7. The van der Waals surface area contributed by atoms with Crippen molar-refractivity contribution < 1.29 is 0 Å². The maximum Gasteiger partial charge on any atom is 0.254 e. The van der Waals surface area contributed by atoms with E-state index in [1.807, 2.05) is 48.5 Å². The highest BCUT2D eigenvalue weighted by molar-refractivity contribution is 5.66. The smallest absolute Gasteiger partial charge is 0.254 e. The number of hydrogen-bond donors (Lipinski definition) is 1. The third-order valence-electron chi connectivity index (χ3n) is 5.70. The molecule has 0 radical (unpaired) electrons. The SMILES string of the molecule is c1ccc(-c2cc(N3CCC[C@H]3c3nc(-c4ccccc4)n[nH]3)n3ncnc3n2)cc1. The summed E-state index contributed by atoms with van der Waals surface area (Å²) in [5.41, 5.74) is 2.93. The molecule has 1 saturated heterocycles. The van der Waals surface area contributed by atoms with Crippen LogP contribution in [0.2, 0.25) is 0 Å². The topological polar surface area (TPSA) is 87.9 Å². The van der Waals surface area contributed by atoms with Crippen molar-refractivity contribution in [2.75, 3.05) is 11.4 Å². The van der Waals surface area contributed by atoms with Gasteiger partial charge in [0.05, 0.1) is 11.7 Å². The van der Waals surface area contributed by atoms with Crippen molar-refractivity contribution in [1.82, 2.24) is 34.8 Å². The predicted molar refractivity (Wildman–Crippen MR) is 117 cm³/mol. The highest BCUT2D eigenvalue weighted by Crippen LogP contribution is 2.36. The third-order valence-corrected chi connectivity index (χ3v) is 5.70. The van der Waals surface area contributed by atoms with Gasteiger partial charge in [0.1, 0.15) is 18.0 Å².